The van der Waals surface area contributed by atoms with Gasteiger partial charge in [0.05, 0.1) is 6.42 Å². The van der Waals surface area contributed by atoms with Crippen LogP contribution in [0.1, 0.15) is 51.9 Å². The predicted octanol–water partition coefficient (Wildman–Crippen LogP) is 1.53. The molecule has 1 amide bonds. The lowest BCUT2D eigenvalue weighted by Gasteiger charge is -2.26. The van der Waals surface area contributed by atoms with Gasteiger partial charge in [0.25, 0.3) is 0 Å². The van der Waals surface area contributed by atoms with Crippen molar-refractivity contribution in [2.75, 3.05) is 19.6 Å². The van der Waals surface area contributed by atoms with Gasteiger partial charge in [0.15, 0.2) is 0 Å². The second-order valence-electron chi connectivity index (χ2n) is 5.51. The molecule has 0 aromatic heterocycles. The van der Waals surface area contributed by atoms with Crippen molar-refractivity contribution in [2.24, 2.45) is 5.41 Å². The monoisotopic (exact) mass is 270 g/mol. The molecule has 5 nitrogen and oxygen atoms in total. The number of rotatable bonds is 9. The molecule has 1 aliphatic carbocycles. The van der Waals surface area contributed by atoms with E-state index in [0.29, 0.717) is 13.0 Å². The Bertz CT molecular complexity index is 299. The number of carboxylic acids is 1. The van der Waals surface area contributed by atoms with Crippen LogP contribution in [0.25, 0.3) is 0 Å². The minimum Gasteiger partial charge on any atom is -0.481 e. The van der Waals surface area contributed by atoms with Gasteiger partial charge < -0.3 is 15.7 Å². The van der Waals surface area contributed by atoms with Crippen LogP contribution in [0.15, 0.2) is 0 Å². The van der Waals surface area contributed by atoms with Gasteiger partial charge in [-0.2, -0.15) is 0 Å². The van der Waals surface area contributed by atoms with Gasteiger partial charge in [0.2, 0.25) is 5.91 Å². The van der Waals surface area contributed by atoms with E-state index < -0.39 is 5.97 Å². The van der Waals surface area contributed by atoms with Gasteiger partial charge in [-0.15, -0.1) is 0 Å². The summed E-state index contributed by atoms with van der Waals surface area (Å²) in [6, 6.07) is 0. The normalized spacial score (nSPS) is 17.3. The van der Waals surface area contributed by atoms with Crippen LogP contribution < -0.4 is 10.6 Å². The van der Waals surface area contributed by atoms with Gasteiger partial charge in [-0.05, 0) is 37.8 Å². The van der Waals surface area contributed by atoms with E-state index in [-0.39, 0.29) is 17.7 Å². The van der Waals surface area contributed by atoms with Gasteiger partial charge >= 0.3 is 5.97 Å². The van der Waals surface area contributed by atoms with Crippen molar-refractivity contribution in [3.05, 3.63) is 0 Å². The lowest BCUT2D eigenvalue weighted by Crippen LogP contribution is -2.33. The molecule has 0 aromatic carbocycles. The highest BCUT2D eigenvalue weighted by Gasteiger charge is 2.37. The Hall–Kier alpha value is -1.10. The number of carboxylic acid groups (broad SMARTS) is 1. The fraction of sp³-hybridized carbons (Fsp3) is 0.857. The molecule has 0 heterocycles. The van der Waals surface area contributed by atoms with E-state index in [1.807, 2.05) is 6.92 Å². The van der Waals surface area contributed by atoms with Crippen molar-refractivity contribution >= 4 is 11.9 Å². The van der Waals surface area contributed by atoms with Crippen molar-refractivity contribution in [3.63, 3.8) is 0 Å². The van der Waals surface area contributed by atoms with Crippen LogP contribution in [0.3, 0.4) is 0 Å². The van der Waals surface area contributed by atoms with Gasteiger partial charge in [-0.3, -0.25) is 9.59 Å². The molecule has 19 heavy (non-hydrogen) atoms. The van der Waals surface area contributed by atoms with Crippen molar-refractivity contribution in [1.29, 1.82) is 0 Å². The summed E-state index contributed by atoms with van der Waals surface area (Å²) < 4.78 is 0. The first kappa shape index (κ1) is 16.0. The summed E-state index contributed by atoms with van der Waals surface area (Å²) in [6.07, 6.45) is 5.21. The third-order valence-corrected chi connectivity index (χ3v) is 3.83. The molecule has 0 aliphatic heterocycles. The van der Waals surface area contributed by atoms with Gasteiger partial charge in [0.1, 0.15) is 0 Å². The quantitative estimate of drug-likeness (QED) is 0.555. The topological polar surface area (TPSA) is 78.4 Å². The van der Waals surface area contributed by atoms with E-state index in [0.717, 1.165) is 45.2 Å². The van der Waals surface area contributed by atoms with E-state index in [9.17, 15) is 9.59 Å². The third kappa shape index (κ3) is 6.05. The molecule has 110 valence electrons. The van der Waals surface area contributed by atoms with E-state index in [1.165, 1.54) is 0 Å². The number of hydrogen-bond acceptors (Lipinski definition) is 3. The number of aliphatic carboxylic acids is 1. The second-order valence-corrected chi connectivity index (χ2v) is 5.51. The molecule has 0 bridgehead atoms. The van der Waals surface area contributed by atoms with Crippen molar-refractivity contribution in [1.82, 2.24) is 10.6 Å². The summed E-state index contributed by atoms with van der Waals surface area (Å²) in [6.45, 7) is 4.55. The average Bonchev–Trinajstić information content (AvgIpc) is 2.76. The summed E-state index contributed by atoms with van der Waals surface area (Å²) in [4.78, 5) is 22.8. The largest absolute Gasteiger partial charge is 0.481 e. The summed E-state index contributed by atoms with van der Waals surface area (Å²) in [7, 11) is 0. The zero-order chi connectivity index (χ0) is 14.1. The van der Waals surface area contributed by atoms with Crippen LogP contribution in [-0.4, -0.2) is 36.6 Å². The number of hydrogen-bond donors (Lipinski definition) is 3. The Labute approximate surface area is 115 Å². The number of carbonyl (C=O) groups is 2. The Morgan fingerprint density at radius 2 is 1.84 bits per heavy atom. The molecule has 0 unspecified atom stereocenters. The zero-order valence-electron chi connectivity index (χ0n) is 11.8. The molecule has 1 rings (SSSR count). The Morgan fingerprint density at radius 3 is 2.42 bits per heavy atom. The standard InChI is InChI=1S/C14H26N2O3/c1-2-15-8-5-9-16-12(17)10-14(11-13(18)19)6-3-4-7-14/h15H,2-11H2,1H3,(H,16,17)(H,18,19). The molecule has 0 radical (unpaired) electrons. The van der Waals surface area contributed by atoms with E-state index >= 15 is 0 Å². The highest BCUT2D eigenvalue weighted by molar-refractivity contribution is 5.78. The SMILES string of the molecule is CCNCCCNC(=O)CC1(CC(=O)O)CCCC1. The fourth-order valence-corrected chi connectivity index (χ4v) is 2.88. The highest BCUT2D eigenvalue weighted by atomic mass is 16.4. The van der Waals surface area contributed by atoms with E-state index in [4.69, 9.17) is 5.11 Å². The molecule has 0 atom stereocenters. The van der Waals surface area contributed by atoms with Crippen LogP contribution in [0.4, 0.5) is 0 Å². The molecule has 3 N–H and O–H groups in total. The van der Waals surface area contributed by atoms with E-state index in [2.05, 4.69) is 10.6 Å². The maximum Gasteiger partial charge on any atom is 0.303 e. The molecule has 1 fully saturated rings. The first-order valence-electron chi connectivity index (χ1n) is 7.27. The zero-order valence-corrected chi connectivity index (χ0v) is 11.8. The molecule has 5 heteroatoms. The van der Waals surface area contributed by atoms with Gasteiger partial charge in [-0.1, -0.05) is 19.8 Å². The maximum absolute atomic E-state index is 11.9. The lowest BCUT2D eigenvalue weighted by atomic mass is 9.79. The minimum absolute atomic E-state index is 0.000325. The Morgan fingerprint density at radius 1 is 1.16 bits per heavy atom. The maximum atomic E-state index is 11.9. The van der Waals surface area contributed by atoms with Gasteiger partial charge in [0, 0.05) is 13.0 Å². The number of carbonyl (C=O) groups excluding carboxylic acids is 1. The third-order valence-electron chi connectivity index (χ3n) is 3.83. The summed E-state index contributed by atoms with van der Waals surface area (Å²) in [5, 5.41) is 15.1. The summed E-state index contributed by atoms with van der Waals surface area (Å²) in [5.41, 5.74) is -0.294. The fourth-order valence-electron chi connectivity index (χ4n) is 2.88. The van der Waals surface area contributed by atoms with E-state index in [1.54, 1.807) is 0 Å². The first-order chi connectivity index (χ1) is 9.08. The summed E-state index contributed by atoms with van der Waals surface area (Å²) >= 11 is 0. The average molecular weight is 270 g/mol. The highest BCUT2D eigenvalue weighted by Crippen LogP contribution is 2.43. The predicted molar refractivity (Wildman–Crippen MR) is 73.9 cm³/mol. The van der Waals surface area contributed by atoms with Crippen molar-refractivity contribution in [2.45, 2.75) is 51.9 Å². The van der Waals surface area contributed by atoms with Crippen LogP contribution >= 0.6 is 0 Å². The van der Waals surface area contributed by atoms with Crippen LogP contribution in [-0.2, 0) is 9.59 Å². The Kier molecular flexibility index (Phi) is 6.84. The van der Waals surface area contributed by atoms with Crippen molar-refractivity contribution < 1.29 is 14.7 Å². The summed E-state index contributed by atoms with van der Waals surface area (Å²) in [5.74, 6) is -0.790. The second kappa shape index (κ2) is 8.15. The molecule has 1 aliphatic rings. The molecule has 1 saturated carbocycles. The van der Waals surface area contributed by atoms with Gasteiger partial charge in [-0.25, -0.2) is 0 Å². The first-order valence-corrected chi connectivity index (χ1v) is 7.27. The molecular formula is C14H26N2O3. The molecule has 0 saturated heterocycles. The molecule has 0 spiro atoms. The Balaban J connectivity index is 2.29. The van der Waals surface area contributed by atoms with Crippen LogP contribution in [0, 0.1) is 5.41 Å². The van der Waals surface area contributed by atoms with Crippen LogP contribution in [0.5, 0.6) is 0 Å². The molecule has 0 aromatic rings. The lowest BCUT2D eigenvalue weighted by molar-refractivity contribution is -0.140. The molecular weight excluding hydrogens is 244 g/mol. The smallest absolute Gasteiger partial charge is 0.303 e. The van der Waals surface area contributed by atoms with Crippen molar-refractivity contribution in [3.8, 4) is 0 Å². The minimum atomic E-state index is -0.790. The number of amides is 1. The number of nitrogens with one attached hydrogen (secondary N) is 2. The van der Waals surface area contributed by atoms with Crippen LogP contribution in [0.2, 0.25) is 0 Å².